The Labute approximate surface area is 179 Å². The summed E-state index contributed by atoms with van der Waals surface area (Å²) in [6, 6.07) is 13.2. The van der Waals surface area contributed by atoms with E-state index >= 15 is 0 Å². The second kappa shape index (κ2) is 9.80. The molecule has 0 bridgehead atoms. The molecule has 1 aromatic heterocycles. The molecule has 0 unspecified atom stereocenters. The lowest BCUT2D eigenvalue weighted by molar-refractivity contribution is -0.113. The number of aryl methyl sites for hydroxylation is 2. The van der Waals surface area contributed by atoms with Crippen LogP contribution in [0.4, 0.5) is 5.69 Å². The quantitative estimate of drug-likeness (QED) is 0.527. The molecule has 3 aromatic rings. The number of carbonyl (C=O) groups is 1. The van der Waals surface area contributed by atoms with E-state index in [1.807, 2.05) is 36.7 Å². The molecule has 0 aliphatic carbocycles. The van der Waals surface area contributed by atoms with Crippen molar-refractivity contribution in [3.63, 3.8) is 0 Å². The summed E-state index contributed by atoms with van der Waals surface area (Å²) in [5.74, 6) is 1.56. The highest BCUT2D eigenvalue weighted by atomic mass is 35.5. The number of thioether (sulfide) groups is 1. The fraction of sp³-hybridized carbons (Fsp3) is 0.286. The number of halogens is 1. The van der Waals surface area contributed by atoms with Gasteiger partial charge in [-0.05, 0) is 48.7 Å². The van der Waals surface area contributed by atoms with E-state index in [-0.39, 0.29) is 18.3 Å². The van der Waals surface area contributed by atoms with Crippen LogP contribution < -0.4 is 10.1 Å². The molecule has 0 saturated heterocycles. The van der Waals surface area contributed by atoms with Gasteiger partial charge < -0.3 is 14.6 Å². The van der Waals surface area contributed by atoms with E-state index in [0.29, 0.717) is 21.8 Å². The predicted molar refractivity (Wildman–Crippen MR) is 117 cm³/mol. The zero-order valence-electron chi connectivity index (χ0n) is 16.6. The van der Waals surface area contributed by atoms with Crippen LogP contribution in [-0.2, 0) is 24.9 Å². The van der Waals surface area contributed by atoms with Gasteiger partial charge in [0.15, 0.2) is 11.0 Å². The molecule has 1 amide bonds. The Hall–Kier alpha value is -2.51. The molecule has 29 heavy (non-hydrogen) atoms. The fourth-order valence-electron chi connectivity index (χ4n) is 2.78. The summed E-state index contributed by atoms with van der Waals surface area (Å²) in [5, 5.41) is 12.7. The normalized spacial score (nSPS) is 10.8. The summed E-state index contributed by atoms with van der Waals surface area (Å²) in [6.07, 6.45) is 0.866. The van der Waals surface area contributed by atoms with Gasteiger partial charge in [0.1, 0.15) is 12.4 Å². The summed E-state index contributed by atoms with van der Waals surface area (Å²) < 4.78 is 7.55. The van der Waals surface area contributed by atoms with Gasteiger partial charge in [0, 0.05) is 17.8 Å². The van der Waals surface area contributed by atoms with Gasteiger partial charge in [-0.1, -0.05) is 48.5 Å². The molecule has 6 nitrogen and oxygen atoms in total. The van der Waals surface area contributed by atoms with Crippen LogP contribution in [0.3, 0.4) is 0 Å². The van der Waals surface area contributed by atoms with Crippen molar-refractivity contribution in [1.82, 2.24) is 14.8 Å². The molecule has 0 aliphatic rings. The van der Waals surface area contributed by atoms with Crippen LogP contribution in [0.25, 0.3) is 0 Å². The van der Waals surface area contributed by atoms with Crippen molar-refractivity contribution < 1.29 is 9.53 Å². The molecule has 2 aromatic carbocycles. The van der Waals surface area contributed by atoms with Crippen LogP contribution >= 0.6 is 23.4 Å². The smallest absolute Gasteiger partial charge is 0.234 e. The first-order valence-electron chi connectivity index (χ1n) is 9.25. The molecule has 1 N–H and O–H groups in total. The molecule has 1 heterocycles. The first-order chi connectivity index (χ1) is 14.0. The van der Waals surface area contributed by atoms with Crippen molar-refractivity contribution in [2.75, 3.05) is 11.1 Å². The lowest BCUT2D eigenvalue weighted by atomic mass is 10.1. The molecule has 152 valence electrons. The zero-order chi connectivity index (χ0) is 20.8. The molecule has 3 rings (SSSR count). The SMILES string of the molecule is CCc1cccc(C)c1NC(=O)CSc1nnc(COc2ccc(Cl)cc2)n1C. The third-order valence-corrected chi connectivity index (χ3v) is 5.72. The molecule has 0 radical (unpaired) electrons. The summed E-state index contributed by atoms with van der Waals surface area (Å²) in [5.41, 5.74) is 3.09. The fourth-order valence-corrected chi connectivity index (χ4v) is 3.64. The third-order valence-electron chi connectivity index (χ3n) is 4.44. The topological polar surface area (TPSA) is 69.0 Å². The number of amides is 1. The van der Waals surface area contributed by atoms with E-state index in [9.17, 15) is 4.79 Å². The number of benzene rings is 2. The van der Waals surface area contributed by atoms with E-state index in [1.54, 1.807) is 24.3 Å². The minimum absolute atomic E-state index is 0.0686. The van der Waals surface area contributed by atoms with E-state index in [0.717, 1.165) is 23.2 Å². The Bertz CT molecular complexity index is 989. The van der Waals surface area contributed by atoms with Crippen molar-refractivity contribution in [2.45, 2.75) is 32.0 Å². The molecule has 0 atom stereocenters. The van der Waals surface area contributed by atoms with Gasteiger partial charge in [-0.2, -0.15) is 0 Å². The zero-order valence-corrected chi connectivity index (χ0v) is 18.2. The maximum atomic E-state index is 12.4. The Balaban J connectivity index is 1.56. The number of para-hydroxylation sites is 1. The number of rotatable bonds is 8. The van der Waals surface area contributed by atoms with Crippen LogP contribution in [0.5, 0.6) is 5.75 Å². The molecule has 0 saturated carbocycles. The molecule has 8 heteroatoms. The van der Waals surface area contributed by atoms with E-state index in [1.165, 1.54) is 11.8 Å². The van der Waals surface area contributed by atoms with Crippen molar-refractivity contribution in [1.29, 1.82) is 0 Å². The number of nitrogens with one attached hydrogen (secondary N) is 1. The van der Waals surface area contributed by atoms with Gasteiger partial charge in [-0.3, -0.25) is 4.79 Å². The minimum atomic E-state index is -0.0686. The Morgan fingerprint density at radius 3 is 2.69 bits per heavy atom. The standard InChI is InChI=1S/C21H23ClN4O2S/c1-4-15-7-5-6-14(2)20(15)23-19(27)13-29-21-25-24-18(26(21)3)12-28-17-10-8-16(22)9-11-17/h5-11H,4,12-13H2,1-3H3,(H,23,27). The molecular weight excluding hydrogens is 408 g/mol. The third kappa shape index (κ3) is 5.52. The highest BCUT2D eigenvalue weighted by molar-refractivity contribution is 7.99. The van der Waals surface area contributed by atoms with Gasteiger partial charge >= 0.3 is 0 Å². The summed E-state index contributed by atoms with van der Waals surface area (Å²) >= 11 is 7.22. The first kappa shape index (κ1) is 21.2. The molecule has 0 fully saturated rings. The molecular formula is C21H23ClN4O2S. The lowest BCUT2D eigenvalue weighted by Gasteiger charge is -2.12. The highest BCUT2D eigenvalue weighted by Gasteiger charge is 2.14. The van der Waals surface area contributed by atoms with E-state index < -0.39 is 0 Å². The van der Waals surface area contributed by atoms with E-state index in [2.05, 4.69) is 22.4 Å². The number of aromatic nitrogens is 3. The average Bonchev–Trinajstić information content (AvgIpc) is 3.07. The van der Waals surface area contributed by atoms with E-state index in [4.69, 9.17) is 16.3 Å². The predicted octanol–water partition coefficient (Wildman–Crippen LogP) is 4.65. The van der Waals surface area contributed by atoms with Crippen molar-refractivity contribution in [3.8, 4) is 5.75 Å². The van der Waals surface area contributed by atoms with Crippen LogP contribution in [0.15, 0.2) is 47.6 Å². The number of nitrogens with zero attached hydrogens (tertiary/aromatic N) is 3. The van der Waals surface area contributed by atoms with Crippen molar-refractivity contribution in [3.05, 3.63) is 64.4 Å². The maximum absolute atomic E-state index is 12.4. The largest absolute Gasteiger partial charge is 0.486 e. The summed E-state index contributed by atoms with van der Waals surface area (Å²) in [7, 11) is 1.86. The van der Waals surface area contributed by atoms with Crippen LogP contribution in [0.2, 0.25) is 5.02 Å². The van der Waals surface area contributed by atoms with Crippen LogP contribution in [0, 0.1) is 6.92 Å². The first-order valence-corrected chi connectivity index (χ1v) is 10.6. The number of ether oxygens (including phenoxy) is 1. The van der Waals surface area contributed by atoms with Crippen molar-refractivity contribution >= 4 is 35.0 Å². The number of carbonyl (C=O) groups excluding carboxylic acids is 1. The minimum Gasteiger partial charge on any atom is -0.486 e. The highest BCUT2D eigenvalue weighted by Crippen LogP contribution is 2.23. The molecule has 0 spiro atoms. The second-order valence-corrected chi connectivity index (χ2v) is 7.88. The lowest BCUT2D eigenvalue weighted by Crippen LogP contribution is -2.16. The van der Waals surface area contributed by atoms with Gasteiger partial charge in [0.2, 0.25) is 5.91 Å². The summed E-state index contributed by atoms with van der Waals surface area (Å²) in [4.78, 5) is 12.4. The Morgan fingerprint density at radius 1 is 1.21 bits per heavy atom. The van der Waals surface area contributed by atoms with Crippen LogP contribution in [-0.4, -0.2) is 26.4 Å². The Morgan fingerprint density at radius 2 is 1.97 bits per heavy atom. The number of hydrogen-bond acceptors (Lipinski definition) is 5. The van der Waals surface area contributed by atoms with Crippen LogP contribution in [0.1, 0.15) is 23.9 Å². The second-order valence-electron chi connectivity index (χ2n) is 6.50. The van der Waals surface area contributed by atoms with Gasteiger partial charge in [0.05, 0.1) is 5.75 Å². The maximum Gasteiger partial charge on any atom is 0.234 e. The Kier molecular flexibility index (Phi) is 7.17. The van der Waals surface area contributed by atoms with Gasteiger partial charge in [0.25, 0.3) is 0 Å². The molecule has 0 aliphatic heterocycles. The average molecular weight is 431 g/mol. The van der Waals surface area contributed by atoms with Gasteiger partial charge in [-0.25, -0.2) is 0 Å². The monoisotopic (exact) mass is 430 g/mol. The van der Waals surface area contributed by atoms with Gasteiger partial charge in [-0.15, -0.1) is 10.2 Å². The number of anilines is 1. The number of hydrogen-bond donors (Lipinski definition) is 1. The summed E-state index contributed by atoms with van der Waals surface area (Å²) in [6.45, 7) is 4.35. The van der Waals surface area contributed by atoms with Crippen molar-refractivity contribution in [2.24, 2.45) is 7.05 Å².